The van der Waals surface area contributed by atoms with E-state index >= 15 is 0 Å². The number of halogens is 3. The topological polar surface area (TPSA) is 55.0 Å². The second-order valence-electron chi connectivity index (χ2n) is 8.33. The van der Waals surface area contributed by atoms with Gasteiger partial charge in [0.15, 0.2) is 11.3 Å². The minimum Gasteiger partial charge on any atom is -0.507 e. The first kappa shape index (κ1) is 22.5. The number of ether oxygens (including phenoxy) is 1. The van der Waals surface area contributed by atoms with Crippen LogP contribution < -0.4 is 4.74 Å². The molecule has 0 amide bonds. The van der Waals surface area contributed by atoms with Gasteiger partial charge in [-0.15, -0.1) is 11.8 Å². The molecule has 1 N–H and O–H groups in total. The van der Waals surface area contributed by atoms with E-state index in [-0.39, 0.29) is 22.3 Å². The summed E-state index contributed by atoms with van der Waals surface area (Å²) in [5.74, 6) is -0.600. The van der Waals surface area contributed by atoms with Crippen molar-refractivity contribution < 1.29 is 27.4 Å². The highest BCUT2D eigenvalue weighted by Crippen LogP contribution is 2.50. The molecule has 0 bridgehead atoms. The number of hydrogen-bond donors (Lipinski definition) is 1. The minimum atomic E-state index is -3.00. The molecule has 1 unspecified atom stereocenters. The fourth-order valence-electron chi connectivity index (χ4n) is 4.58. The second kappa shape index (κ2) is 8.95. The van der Waals surface area contributed by atoms with Gasteiger partial charge in [-0.1, -0.05) is 36.4 Å². The molecule has 1 aliphatic heterocycles. The van der Waals surface area contributed by atoms with Crippen LogP contribution in [0.1, 0.15) is 22.8 Å². The van der Waals surface area contributed by atoms with Gasteiger partial charge in [0.1, 0.15) is 17.1 Å². The molecule has 1 atom stereocenters. The van der Waals surface area contributed by atoms with Gasteiger partial charge in [-0.25, -0.2) is 4.39 Å². The first-order chi connectivity index (χ1) is 17.5. The van der Waals surface area contributed by atoms with Crippen molar-refractivity contribution in [2.45, 2.75) is 23.2 Å². The lowest BCUT2D eigenvalue weighted by Crippen LogP contribution is -2.07. The summed E-state index contributed by atoms with van der Waals surface area (Å²) in [6, 6.07) is 21.9. The average molecular weight is 506 g/mol. The Bertz CT molecular complexity index is 1650. The normalized spacial score (nSPS) is 15.7. The Morgan fingerprint density at radius 3 is 2.67 bits per heavy atom. The summed E-state index contributed by atoms with van der Waals surface area (Å²) >= 11 is 1.57. The number of aromatic hydroxyl groups is 1. The van der Waals surface area contributed by atoms with E-state index in [0.29, 0.717) is 34.4 Å². The summed E-state index contributed by atoms with van der Waals surface area (Å²) in [5.41, 5.74) is 3.15. The summed E-state index contributed by atoms with van der Waals surface area (Å²) in [4.78, 5) is 5.70. The van der Waals surface area contributed by atoms with Crippen molar-refractivity contribution in [1.29, 1.82) is 0 Å². The van der Waals surface area contributed by atoms with Gasteiger partial charge in [0, 0.05) is 32.9 Å². The maximum absolute atomic E-state index is 14.2. The molecule has 36 heavy (non-hydrogen) atoms. The van der Waals surface area contributed by atoms with Gasteiger partial charge < -0.3 is 14.3 Å². The molecule has 5 aromatic rings. The fourth-order valence-corrected chi connectivity index (χ4v) is 5.84. The van der Waals surface area contributed by atoms with E-state index in [1.807, 2.05) is 42.5 Å². The van der Waals surface area contributed by atoms with E-state index in [1.165, 1.54) is 24.3 Å². The quantitative estimate of drug-likeness (QED) is 0.267. The lowest BCUT2D eigenvalue weighted by molar-refractivity contribution is -0.0493. The molecular weight excluding hydrogens is 487 g/mol. The Balaban J connectivity index is 1.57. The molecule has 0 saturated heterocycles. The van der Waals surface area contributed by atoms with Crippen LogP contribution in [0.15, 0.2) is 93.2 Å². The van der Waals surface area contributed by atoms with Gasteiger partial charge in [-0.3, -0.25) is 4.99 Å². The second-order valence-corrected chi connectivity index (χ2v) is 9.58. The predicted octanol–water partition coefficient (Wildman–Crippen LogP) is 8.39. The number of alkyl halides is 2. The Hall–Kier alpha value is -3.91. The smallest absolute Gasteiger partial charge is 0.387 e. The van der Waals surface area contributed by atoms with Crippen molar-refractivity contribution in [2.24, 2.45) is 4.99 Å². The van der Waals surface area contributed by atoms with E-state index in [2.05, 4.69) is 0 Å². The van der Waals surface area contributed by atoms with Crippen LogP contribution in [0.4, 0.5) is 18.9 Å². The van der Waals surface area contributed by atoms with Gasteiger partial charge in [0.05, 0.1) is 11.4 Å². The molecule has 180 valence electrons. The van der Waals surface area contributed by atoms with Crippen LogP contribution in [0.3, 0.4) is 0 Å². The summed E-state index contributed by atoms with van der Waals surface area (Å²) in [6.07, 6.45) is 0.347. The highest BCUT2D eigenvalue weighted by Gasteiger charge is 2.28. The number of aliphatic imine (C=N–C) groups is 1. The summed E-state index contributed by atoms with van der Waals surface area (Å²) in [5, 5.41) is 11.7. The lowest BCUT2D eigenvalue weighted by Gasteiger charge is -2.18. The van der Waals surface area contributed by atoms with E-state index in [4.69, 9.17) is 14.1 Å². The summed E-state index contributed by atoms with van der Waals surface area (Å²) in [6.45, 7) is -3.00. The van der Waals surface area contributed by atoms with Crippen molar-refractivity contribution in [3.8, 4) is 11.5 Å². The van der Waals surface area contributed by atoms with Gasteiger partial charge >= 0.3 is 6.61 Å². The van der Waals surface area contributed by atoms with E-state index < -0.39 is 12.4 Å². The molecule has 8 heteroatoms. The SMILES string of the molecule is Oc1ccc(F)cc1C1=Nc2ccccc2SC(c2ccc(OC(F)F)c3oc4ccccc4c23)C1. The molecule has 0 aliphatic carbocycles. The zero-order valence-electron chi connectivity index (χ0n) is 18.6. The van der Waals surface area contributed by atoms with Crippen molar-refractivity contribution in [1.82, 2.24) is 0 Å². The van der Waals surface area contributed by atoms with Crippen LogP contribution in [0.25, 0.3) is 21.9 Å². The largest absolute Gasteiger partial charge is 0.507 e. The lowest BCUT2D eigenvalue weighted by atomic mass is 9.97. The van der Waals surface area contributed by atoms with Crippen LogP contribution in [-0.4, -0.2) is 17.4 Å². The Morgan fingerprint density at radius 1 is 1.00 bits per heavy atom. The summed E-state index contributed by atoms with van der Waals surface area (Å²) < 4.78 is 51.2. The van der Waals surface area contributed by atoms with Crippen LogP contribution >= 0.6 is 11.8 Å². The van der Waals surface area contributed by atoms with Crippen LogP contribution in [0, 0.1) is 5.82 Å². The number of phenols is 1. The molecule has 4 nitrogen and oxygen atoms in total. The molecule has 0 saturated carbocycles. The molecule has 1 aromatic heterocycles. The fraction of sp³-hybridized carbons (Fsp3) is 0.107. The van der Waals surface area contributed by atoms with Gasteiger partial charge in [0.2, 0.25) is 0 Å². The molecule has 0 radical (unpaired) electrons. The maximum atomic E-state index is 14.2. The molecule has 0 fully saturated rings. The molecule has 2 heterocycles. The first-order valence-electron chi connectivity index (χ1n) is 11.2. The first-order valence-corrected chi connectivity index (χ1v) is 12.1. The number of thioether (sulfide) groups is 1. The molecular formula is C28H18F3NO3S. The minimum absolute atomic E-state index is 0.0457. The van der Waals surface area contributed by atoms with Gasteiger partial charge in [0.25, 0.3) is 0 Å². The molecule has 6 rings (SSSR count). The van der Waals surface area contributed by atoms with Crippen molar-refractivity contribution in [3.63, 3.8) is 0 Å². The molecule has 4 aromatic carbocycles. The standard InChI is InChI=1S/C28H18F3NO3S/c29-15-9-11-21(33)18(13-15)20-14-25(36-24-8-4-2-6-19(24)32-20)17-10-12-23(35-28(30)31)27-26(17)16-5-1-3-7-22(16)34-27/h1-13,25,28,33H,14H2. The highest BCUT2D eigenvalue weighted by atomic mass is 32.2. The summed E-state index contributed by atoms with van der Waals surface area (Å²) in [7, 11) is 0. The number of benzene rings is 4. The third kappa shape index (κ3) is 3.97. The number of rotatable bonds is 4. The maximum Gasteiger partial charge on any atom is 0.387 e. The monoisotopic (exact) mass is 505 g/mol. The van der Waals surface area contributed by atoms with E-state index in [9.17, 15) is 18.3 Å². The third-order valence-electron chi connectivity index (χ3n) is 6.12. The van der Waals surface area contributed by atoms with Crippen LogP contribution in [-0.2, 0) is 0 Å². The van der Waals surface area contributed by atoms with Crippen molar-refractivity contribution in [3.05, 3.63) is 95.8 Å². The molecule has 1 aliphatic rings. The number of hydrogen-bond acceptors (Lipinski definition) is 5. The third-order valence-corrected chi connectivity index (χ3v) is 7.43. The predicted molar refractivity (Wildman–Crippen MR) is 134 cm³/mol. The molecule has 0 spiro atoms. The number of fused-ring (bicyclic) bond motifs is 4. The highest BCUT2D eigenvalue weighted by molar-refractivity contribution is 7.99. The van der Waals surface area contributed by atoms with E-state index in [1.54, 1.807) is 23.9 Å². The van der Waals surface area contributed by atoms with Crippen molar-refractivity contribution in [2.75, 3.05) is 0 Å². The zero-order valence-corrected chi connectivity index (χ0v) is 19.4. The Labute approximate surface area is 208 Å². The Kier molecular flexibility index (Phi) is 5.60. The number of furan rings is 1. The van der Waals surface area contributed by atoms with Crippen molar-refractivity contribution >= 4 is 45.1 Å². The number of para-hydroxylation sites is 2. The van der Waals surface area contributed by atoms with E-state index in [0.717, 1.165) is 15.8 Å². The van der Waals surface area contributed by atoms with Crippen LogP contribution in [0.2, 0.25) is 0 Å². The van der Waals surface area contributed by atoms with Gasteiger partial charge in [-0.2, -0.15) is 8.78 Å². The number of phenolic OH excluding ortho intramolecular Hbond substituents is 1. The number of nitrogens with zero attached hydrogens (tertiary/aromatic N) is 1. The average Bonchev–Trinajstić information content (AvgIpc) is 3.15. The van der Waals surface area contributed by atoms with Gasteiger partial charge in [-0.05, 0) is 48.0 Å². The Morgan fingerprint density at radius 2 is 1.81 bits per heavy atom. The van der Waals surface area contributed by atoms with Crippen LogP contribution in [0.5, 0.6) is 11.5 Å². The zero-order chi connectivity index (χ0) is 24.8.